The molecule has 29 heavy (non-hydrogen) atoms. The summed E-state index contributed by atoms with van der Waals surface area (Å²) in [6, 6.07) is 9.09. The summed E-state index contributed by atoms with van der Waals surface area (Å²) < 4.78 is 7.68. The lowest BCUT2D eigenvalue weighted by Gasteiger charge is -2.09. The normalized spacial score (nSPS) is 10.6. The van der Waals surface area contributed by atoms with Crippen molar-refractivity contribution in [1.82, 2.24) is 9.78 Å². The van der Waals surface area contributed by atoms with Crippen LogP contribution in [0.2, 0.25) is 10.0 Å². The van der Waals surface area contributed by atoms with E-state index in [1.165, 1.54) is 22.9 Å². The van der Waals surface area contributed by atoms with Gasteiger partial charge in [0.1, 0.15) is 10.8 Å². The zero-order valence-electron chi connectivity index (χ0n) is 14.2. The van der Waals surface area contributed by atoms with Crippen LogP contribution in [0.1, 0.15) is 10.5 Å². The number of carbonyl (C=O) groups excluding carboxylic acids is 1. The highest BCUT2D eigenvalue weighted by atomic mass is 79.9. The van der Waals surface area contributed by atoms with E-state index in [0.717, 1.165) is 0 Å². The second-order valence-corrected chi connectivity index (χ2v) is 8.06. The number of benzene rings is 2. The molecule has 3 rings (SSSR count). The first-order valence-corrected chi connectivity index (χ1v) is 10.2. The molecule has 0 aliphatic heterocycles. The Hall–Kier alpha value is -2.14. The van der Waals surface area contributed by atoms with Gasteiger partial charge in [0.15, 0.2) is 12.4 Å². The fraction of sp³-hybridized carbons (Fsp3) is 0.0588. The van der Waals surface area contributed by atoms with Gasteiger partial charge in [-0.15, -0.1) is 0 Å². The number of nitro groups is 1. The Bertz CT molecular complexity index is 1080. The summed E-state index contributed by atoms with van der Waals surface area (Å²) in [7, 11) is 0. The number of aromatic nitrogens is 2. The molecular weight excluding hydrogens is 555 g/mol. The lowest BCUT2D eigenvalue weighted by molar-refractivity contribution is -0.385. The average Bonchev–Trinajstić information content (AvgIpc) is 3.14. The van der Waals surface area contributed by atoms with Crippen LogP contribution in [0, 0.1) is 10.1 Å². The number of amides is 1. The average molecular weight is 565 g/mol. The van der Waals surface area contributed by atoms with Crippen LogP contribution in [0.4, 0.5) is 11.4 Å². The molecule has 8 nitrogen and oxygen atoms in total. The molecule has 0 aliphatic carbocycles. The number of hydrogen-bond donors (Lipinski definition) is 1. The Morgan fingerprint density at radius 3 is 2.59 bits per heavy atom. The predicted octanol–water partition coefficient (Wildman–Crippen LogP) is 5.91. The minimum absolute atomic E-state index is 0.0122. The Kier molecular flexibility index (Phi) is 6.78. The van der Waals surface area contributed by atoms with Crippen LogP contribution < -0.4 is 10.1 Å². The molecule has 0 unspecified atom stereocenters. The number of nitrogens with one attached hydrogen (secondary N) is 1. The van der Waals surface area contributed by atoms with Gasteiger partial charge in [0.2, 0.25) is 0 Å². The van der Waals surface area contributed by atoms with Gasteiger partial charge in [0.05, 0.1) is 15.6 Å². The third-order valence-electron chi connectivity index (χ3n) is 3.62. The van der Waals surface area contributed by atoms with Gasteiger partial charge in [0, 0.05) is 27.3 Å². The molecule has 0 saturated heterocycles. The van der Waals surface area contributed by atoms with Crippen LogP contribution in [0.3, 0.4) is 0 Å². The summed E-state index contributed by atoms with van der Waals surface area (Å²) in [5.74, 6) is -0.112. The van der Waals surface area contributed by atoms with Crippen molar-refractivity contribution >= 4 is 72.3 Å². The first kappa shape index (κ1) is 21.6. The molecule has 150 valence electrons. The van der Waals surface area contributed by atoms with E-state index in [9.17, 15) is 14.9 Å². The number of hydrogen-bond acceptors (Lipinski definition) is 5. The zero-order valence-corrected chi connectivity index (χ0v) is 18.9. The highest BCUT2D eigenvalue weighted by molar-refractivity contribution is 9.11. The summed E-state index contributed by atoms with van der Waals surface area (Å²) in [6.07, 6.45) is 1.56. The van der Waals surface area contributed by atoms with Crippen molar-refractivity contribution in [3.63, 3.8) is 0 Å². The first-order valence-electron chi connectivity index (χ1n) is 7.81. The van der Waals surface area contributed by atoms with E-state index >= 15 is 0 Å². The monoisotopic (exact) mass is 562 g/mol. The molecule has 1 heterocycles. The zero-order chi connectivity index (χ0) is 21.1. The molecule has 2 aromatic carbocycles. The third-order valence-corrected chi connectivity index (χ3v) is 5.67. The Labute approximate surface area is 191 Å². The number of nitro benzene ring substituents is 1. The molecule has 1 aromatic heterocycles. The molecule has 0 atom stereocenters. The molecule has 12 heteroatoms. The van der Waals surface area contributed by atoms with Crippen molar-refractivity contribution in [2.75, 3.05) is 5.32 Å². The van der Waals surface area contributed by atoms with Crippen molar-refractivity contribution in [1.29, 1.82) is 0 Å². The standard InChI is InChI=1S/C17H10Br2Cl2N4O4/c18-10-6-9(25(27)28)7-11(19)16(10)22-17(26)13-4-5-24(23-13)8-29-14-3-1-2-12(20)15(14)21/h1-7H,8H2,(H,22,26). The summed E-state index contributed by atoms with van der Waals surface area (Å²) in [5, 5.41) is 18.3. The van der Waals surface area contributed by atoms with Gasteiger partial charge in [-0.05, 0) is 50.1 Å². The van der Waals surface area contributed by atoms with Crippen molar-refractivity contribution in [2.45, 2.75) is 6.73 Å². The second-order valence-electron chi connectivity index (χ2n) is 5.56. The van der Waals surface area contributed by atoms with Crippen LogP contribution in [-0.2, 0) is 6.73 Å². The maximum absolute atomic E-state index is 12.5. The second kappa shape index (κ2) is 9.12. The van der Waals surface area contributed by atoms with E-state index in [0.29, 0.717) is 25.4 Å². The maximum Gasteiger partial charge on any atom is 0.276 e. The van der Waals surface area contributed by atoms with Gasteiger partial charge in [0.25, 0.3) is 11.6 Å². The SMILES string of the molecule is O=C(Nc1c(Br)cc([N+](=O)[O-])cc1Br)c1ccn(COc2cccc(Cl)c2Cl)n1. The van der Waals surface area contributed by atoms with Crippen LogP contribution in [0.5, 0.6) is 5.75 Å². The van der Waals surface area contributed by atoms with E-state index in [1.54, 1.807) is 24.4 Å². The molecule has 0 radical (unpaired) electrons. The van der Waals surface area contributed by atoms with E-state index in [2.05, 4.69) is 42.3 Å². The van der Waals surface area contributed by atoms with Crippen LogP contribution >= 0.6 is 55.1 Å². The molecule has 0 bridgehead atoms. The Morgan fingerprint density at radius 1 is 1.24 bits per heavy atom. The molecule has 0 saturated carbocycles. The van der Waals surface area contributed by atoms with Crippen LogP contribution in [0.25, 0.3) is 0 Å². The Balaban J connectivity index is 1.70. The fourth-order valence-electron chi connectivity index (χ4n) is 2.25. The summed E-state index contributed by atoms with van der Waals surface area (Å²) in [4.78, 5) is 22.9. The molecule has 3 aromatic rings. The number of ether oxygens (including phenoxy) is 1. The van der Waals surface area contributed by atoms with E-state index in [1.807, 2.05) is 0 Å². The largest absolute Gasteiger partial charge is 0.470 e. The van der Waals surface area contributed by atoms with E-state index in [4.69, 9.17) is 27.9 Å². The molecule has 0 spiro atoms. The van der Waals surface area contributed by atoms with Gasteiger partial charge >= 0.3 is 0 Å². The number of non-ortho nitro benzene ring substituents is 1. The lowest BCUT2D eigenvalue weighted by atomic mass is 10.2. The van der Waals surface area contributed by atoms with E-state index < -0.39 is 10.8 Å². The van der Waals surface area contributed by atoms with Crippen molar-refractivity contribution in [3.05, 3.63) is 77.4 Å². The molecule has 1 N–H and O–H groups in total. The van der Waals surface area contributed by atoms with E-state index in [-0.39, 0.29) is 23.1 Å². The summed E-state index contributed by atoms with van der Waals surface area (Å²) in [6.45, 7) is 0.0122. The number of nitrogens with zero attached hydrogens (tertiary/aromatic N) is 3. The number of carbonyl (C=O) groups is 1. The fourth-order valence-corrected chi connectivity index (χ4v) is 3.95. The molecular formula is C17H10Br2Cl2N4O4. The first-order chi connectivity index (χ1) is 13.8. The number of halogens is 4. The van der Waals surface area contributed by atoms with Crippen molar-refractivity contribution in [3.8, 4) is 5.75 Å². The van der Waals surface area contributed by atoms with Crippen LogP contribution in [0.15, 0.2) is 51.5 Å². The van der Waals surface area contributed by atoms with Crippen molar-refractivity contribution in [2.24, 2.45) is 0 Å². The smallest absolute Gasteiger partial charge is 0.276 e. The predicted molar refractivity (Wildman–Crippen MR) is 116 cm³/mol. The van der Waals surface area contributed by atoms with Gasteiger partial charge in [-0.2, -0.15) is 5.10 Å². The number of anilines is 1. The van der Waals surface area contributed by atoms with Crippen LogP contribution in [-0.4, -0.2) is 20.6 Å². The van der Waals surface area contributed by atoms with Gasteiger partial charge < -0.3 is 10.1 Å². The Morgan fingerprint density at radius 2 is 1.93 bits per heavy atom. The lowest BCUT2D eigenvalue weighted by Crippen LogP contribution is -2.15. The highest BCUT2D eigenvalue weighted by Crippen LogP contribution is 2.35. The molecule has 0 aliphatic rings. The minimum Gasteiger partial charge on any atom is -0.470 e. The van der Waals surface area contributed by atoms with Gasteiger partial charge in [-0.25, -0.2) is 4.68 Å². The number of rotatable bonds is 6. The quantitative estimate of drug-likeness (QED) is 0.296. The summed E-state index contributed by atoms with van der Waals surface area (Å²) in [5.41, 5.74) is 0.350. The highest BCUT2D eigenvalue weighted by Gasteiger charge is 2.18. The topological polar surface area (TPSA) is 99.3 Å². The minimum atomic E-state index is -0.533. The van der Waals surface area contributed by atoms with Crippen molar-refractivity contribution < 1.29 is 14.5 Å². The summed E-state index contributed by atoms with van der Waals surface area (Å²) >= 11 is 18.4. The van der Waals surface area contributed by atoms with Gasteiger partial charge in [-0.3, -0.25) is 14.9 Å². The molecule has 1 amide bonds. The third kappa shape index (κ3) is 5.08. The van der Waals surface area contributed by atoms with Gasteiger partial charge in [-0.1, -0.05) is 29.3 Å². The maximum atomic E-state index is 12.5. The molecule has 0 fully saturated rings.